The number of hydrogen-bond donors (Lipinski definition) is 1. The van der Waals surface area contributed by atoms with E-state index in [1.54, 1.807) is 18.3 Å². The van der Waals surface area contributed by atoms with Gasteiger partial charge in [0.2, 0.25) is 0 Å². The van der Waals surface area contributed by atoms with E-state index >= 15 is 4.39 Å². The molecule has 1 N–H and O–H groups in total. The standard InChI is InChI=1S/C31H27F2N5O2/c32-21-7-8-22(34-14-21)9-10-40-31-36-29-26(30(37-31)38-16-18-5-6-19(11-18)17-38)15-35-28(27(29)33)25-13-23(39)12-20-3-1-2-4-24(20)25/h1-4,7-8,12-15,18-19,39H,5-6,9-11,16-17H2. The van der Waals surface area contributed by atoms with E-state index in [4.69, 9.17) is 9.72 Å². The SMILES string of the molecule is Oc1cc(-c2ncc3c(N4CC5CCC(C5)C4)nc(OCCc4ccc(F)cn4)nc3c2F)c2ccccc2c1. The number of ether oxygens (including phenoxy) is 1. The Morgan fingerprint density at radius 1 is 0.925 bits per heavy atom. The molecule has 202 valence electrons. The topological polar surface area (TPSA) is 84.3 Å². The van der Waals surface area contributed by atoms with Gasteiger partial charge in [-0.15, -0.1) is 0 Å². The molecule has 9 heteroatoms. The van der Waals surface area contributed by atoms with Gasteiger partial charge in [0.05, 0.1) is 18.2 Å². The number of pyridine rings is 2. The number of anilines is 1. The number of piperidine rings is 1. The van der Waals surface area contributed by atoms with Crippen LogP contribution in [0.4, 0.5) is 14.6 Å². The molecule has 0 radical (unpaired) electrons. The van der Waals surface area contributed by atoms with E-state index in [2.05, 4.69) is 19.9 Å². The molecule has 40 heavy (non-hydrogen) atoms. The molecule has 1 saturated heterocycles. The molecule has 0 amide bonds. The Bertz CT molecular complexity index is 1720. The van der Waals surface area contributed by atoms with Crippen molar-refractivity contribution in [2.24, 2.45) is 11.8 Å². The lowest BCUT2D eigenvalue weighted by atomic mass is 9.98. The minimum absolute atomic E-state index is 0.0283. The van der Waals surface area contributed by atoms with Gasteiger partial charge >= 0.3 is 6.01 Å². The molecular weight excluding hydrogens is 512 g/mol. The van der Waals surface area contributed by atoms with Gasteiger partial charge in [0.15, 0.2) is 5.82 Å². The Hall–Kier alpha value is -4.40. The zero-order chi connectivity index (χ0) is 27.2. The van der Waals surface area contributed by atoms with Crippen LogP contribution >= 0.6 is 0 Å². The van der Waals surface area contributed by atoms with Crippen LogP contribution in [0.1, 0.15) is 25.0 Å². The quantitative estimate of drug-likeness (QED) is 0.280. The lowest BCUT2D eigenvalue weighted by molar-refractivity contribution is 0.295. The summed E-state index contributed by atoms with van der Waals surface area (Å²) in [5.41, 5.74) is 1.37. The first kappa shape index (κ1) is 24.6. The van der Waals surface area contributed by atoms with Crippen molar-refractivity contribution in [1.29, 1.82) is 0 Å². The summed E-state index contributed by atoms with van der Waals surface area (Å²) >= 11 is 0. The van der Waals surface area contributed by atoms with Gasteiger partial charge in [0, 0.05) is 37.0 Å². The van der Waals surface area contributed by atoms with Gasteiger partial charge in [0.1, 0.15) is 28.6 Å². The van der Waals surface area contributed by atoms with Crippen molar-refractivity contribution in [2.75, 3.05) is 24.6 Å². The highest BCUT2D eigenvalue weighted by atomic mass is 19.1. The second-order valence-corrected chi connectivity index (χ2v) is 10.7. The minimum Gasteiger partial charge on any atom is -0.508 e. The molecule has 5 aromatic rings. The first-order valence-corrected chi connectivity index (χ1v) is 13.6. The molecule has 2 unspecified atom stereocenters. The van der Waals surface area contributed by atoms with E-state index in [0.717, 1.165) is 23.9 Å². The summed E-state index contributed by atoms with van der Waals surface area (Å²) in [7, 11) is 0. The monoisotopic (exact) mass is 539 g/mol. The first-order chi connectivity index (χ1) is 19.5. The molecule has 7 rings (SSSR count). The second-order valence-electron chi connectivity index (χ2n) is 10.7. The largest absolute Gasteiger partial charge is 0.508 e. The van der Waals surface area contributed by atoms with Crippen LogP contribution in [-0.2, 0) is 6.42 Å². The number of aromatic nitrogens is 4. The van der Waals surface area contributed by atoms with Crippen LogP contribution in [0.25, 0.3) is 32.9 Å². The zero-order valence-corrected chi connectivity index (χ0v) is 21.7. The third kappa shape index (κ3) is 4.55. The molecule has 1 aliphatic heterocycles. The molecule has 2 fully saturated rings. The molecule has 3 aromatic heterocycles. The Labute approximate surface area is 229 Å². The zero-order valence-electron chi connectivity index (χ0n) is 21.7. The maximum atomic E-state index is 16.4. The molecule has 2 atom stereocenters. The maximum Gasteiger partial charge on any atom is 0.319 e. The summed E-state index contributed by atoms with van der Waals surface area (Å²) in [6.07, 6.45) is 6.82. The van der Waals surface area contributed by atoms with E-state index in [1.807, 2.05) is 24.3 Å². The van der Waals surface area contributed by atoms with Crippen molar-refractivity contribution < 1.29 is 18.6 Å². The van der Waals surface area contributed by atoms with Gasteiger partial charge in [-0.1, -0.05) is 24.3 Å². The predicted octanol–water partition coefficient (Wildman–Crippen LogP) is 6.08. The fourth-order valence-electron chi connectivity index (χ4n) is 6.19. The number of benzene rings is 2. The van der Waals surface area contributed by atoms with E-state index < -0.39 is 11.6 Å². The molecule has 1 aliphatic carbocycles. The Morgan fingerprint density at radius 2 is 1.75 bits per heavy atom. The third-order valence-corrected chi connectivity index (χ3v) is 8.03. The van der Waals surface area contributed by atoms with Gasteiger partial charge in [-0.3, -0.25) is 9.97 Å². The van der Waals surface area contributed by atoms with Crippen molar-refractivity contribution in [3.8, 4) is 23.0 Å². The number of fused-ring (bicyclic) bond motifs is 4. The van der Waals surface area contributed by atoms with E-state index in [1.165, 1.54) is 37.6 Å². The summed E-state index contributed by atoms with van der Waals surface area (Å²) in [6, 6.07) is 13.7. The number of nitrogens with zero attached hydrogens (tertiary/aromatic N) is 5. The normalized spacial score (nSPS) is 18.5. The van der Waals surface area contributed by atoms with Gasteiger partial charge < -0.3 is 14.7 Å². The van der Waals surface area contributed by atoms with Crippen LogP contribution in [0.5, 0.6) is 11.8 Å². The summed E-state index contributed by atoms with van der Waals surface area (Å²) in [6.45, 7) is 1.90. The third-order valence-electron chi connectivity index (χ3n) is 8.03. The van der Waals surface area contributed by atoms with Crippen molar-refractivity contribution in [3.05, 3.63) is 78.3 Å². The van der Waals surface area contributed by atoms with E-state index in [-0.39, 0.29) is 29.6 Å². The average Bonchev–Trinajstić information content (AvgIpc) is 3.30. The van der Waals surface area contributed by atoms with Gasteiger partial charge in [0.25, 0.3) is 0 Å². The van der Waals surface area contributed by atoms with Gasteiger partial charge in [-0.2, -0.15) is 9.97 Å². The van der Waals surface area contributed by atoms with Crippen molar-refractivity contribution in [2.45, 2.75) is 25.7 Å². The molecule has 2 bridgehead atoms. The smallest absolute Gasteiger partial charge is 0.319 e. The maximum absolute atomic E-state index is 16.4. The minimum atomic E-state index is -0.595. The lowest BCUT2D eigenvalue weighted by Gasteiger charge is -2.33. The number of hydrogen-bond acceptors (Lipinski definition) is 7. The van der Waals surface area contributed by atoms with Crippen LogP contribution in [0.2, 0.25) is 0 Å². The summed E-state index contributed by atoms with van der Waals surface area (Å²) in [5.74, 6) is 0.835. The number of halogens is 2. The fraction of sp³-hybridized carbons (Fsp3) is 0.290. The van der Waals surface area contributed by atoms with Crippen LogP contribution in [0, 0.1) is 23.5 Å². The molecule has 2 aliphatic rings. The molecule has 2 aromatic carbocycles. The number of aromatic hydroxyl groups is 1. The number of rotatable bonds is 6. The lowest BCUT2D eigenvalue weighted by Crippen LogP contribution is -2.37. The average molecular weight is 540 g/mol. The van der Waals surface area contributed by atoms with Crippen LogP contribution < -0.4 is 9.64 Å². The summed E-state index contributed by atoms with van der Waals surface area (Å²) < 4.78 is 35.5. The van der Waals surface area contributed by atoms with E-state index in [9.17, 15) is 9.50 Å². The Kier molecular flexibility index (Phi) is 6.14. The highest BCUT2D eigenvalue weighted by molar-refractivity contribution is 5.99. The number of phenols is 1. The molecule has 7 nitrogen and oxygen atoms in total. The second kappa shape index (κ2) is 9.97. The molecule has 1 saturated carbocycles. The molecular formula is C31H27F2N5O2. The first-order valence-electron chi connectivity index (χ1n) is 13.6. The predicted molar refractivity (Wildman–Crippen MR) is 148 cm³/mol. The summed E-state index contributed by atoms with van der Waals surface area (Å²) in [4.78, 5) is 20.1. The summed E-state index contributed by atoms with van der Waals surface area (Å²) in [5, 5.41) is 12.5. The Balaban J connectivity index is 1.31. The number of phenolic OH excluding ortho intramolecular Hbond substituents is 1. The molecule has 0 spiro atoms. The van der Waals surface area contributed by atoms with Crippen molar-refractivity contribution in [1.82, 2.24) is 19.9 Å². The van der Waals surface area contributed by atoms with Gasteiger partial charge in [-0.05, 0) is 66.1 Å². The van der Waals surface area contributed by atoms with E-state index in [0.29, 0.717) is 40.7 Å². The van der Waals surface area contributed by atoms with Crippen LogP contribution in [0.15, 0.2) is 60.9 Å². The van der Waals surface area contributed by atoms with Crippen molar-refractivity contribution >= 4 is 27.5 Å². The highest BCUT2D eigenvalue weighted by Crippen LogP contribution is 2.41. The fourth-order valence-corrected chi connectivity index (χ4v) is 6.19. The van der Waals surface area contributed by atoms with Gasteiger partial charge in [-0.25, -0.2) is 8.78 Å². The molecule has 4 heterocycles. The van der Waals surface area contributed by atoms with Crippen LogP contribution in [0.3, 0.4) is 0 Å². The van der Waals surface area contributed by atoms with Crippen LogP contribution in [-0.4, -0.2) is 44.7 Å². The highest BCUT2D eigenvalue weighted by Gasteiger charge is 2.34. The van der Waals surface area contributed by atoms with Crippen molar-refractivity contribution in [3.63, 3.8) is 0 Å². The Morgan fingerprint density at radius 3 is 2.55 bits per heavy atom.